The summed E-state index contributed by atoms with van der Waals surface area (Å²) < 4.78 is 28.8. The molecule has 2 aromatic rings. The third kappa shape index (κ3) is 3.66. The molecule has 1 heterocycles. The molecular weight excluding hydrogens is 414 g/mol. The SMILES string of the molecule is Cc1ccc(Br)cc1S(=O)(=O)NCc1sccc1Br. The summed E-state index contributed by atoms with van der Waals surface area (Å²) in [4.78, 5) is 1.26. The number of benzene rings is 1. The highest BCUT2D eigenvalue weighted by Gasteiger charge is 2.17. The topological polar surface area (TPSA) is 46.2 Å². The monoisotopic (exact) mass is 423 g/mol. The summed E-state index contributed by atoms with van der Waals surface area (Å²) in [6.45, 7) is 2.06. The number of sulfonamides is 1. The minimum absolute atomic E-state index is 0.284. The van der Waals surface area contributed by atoms with Gasteiger partial charge in [-0.25, -0.2) is 13.1 Å². The van der Waals surface area contributed by atoms with Gasteiger partial charge in [-0.1, -0.05) is 22.0 Å². The van der Waals surface area contributed by atoms with Crippen molar-refractivity contribution in [2.24, 2.45) is 0 Å². The van der Waals surface area contributed by atoms with Crippen LogP contribution in [-0.2, 0) is 16.6 Å². The summed E-state index contributed by atoms with van der Waals surface area (Å²) in [5, 5.41) is 1.91. The zero-order valence-corrected chi connectivity index (χ0v) is 14.8. The van der Waals surface area contributed by atoms with Gasteiger partial charge in [-0.05, 0) is 52.0 Å². The standard InChI is InChI=1S/C12H11Br2NO2S2/c1-8-2-3-9(13)6-12(8)19(16,17)15-7-11-10(14)4-5-18-11/h2-6,15H,7H2,1H3. The molecule has 0 bridgehead atoms. The molecule has 7 heteroatoms. The Labute approximate surface area is 133 Å². The molecular formula is C12H11Br2NO2S2. The van der Waals surface area contributed by atoms with Crippen molar-refractivity contribution in [2.45, 2.75) is 18.4 Å². The molecule has 0 aliphatic carbocycles. The zero-order chi connectivity index (χ0) is 14.0. The van der Waals surface area contributed by atoms with Gasteiger partial charge in [0.05, 0.1) is 4.90 Å². The highest BCUT2D eigenvalue weighted by molar-refractivity contribution is 9.10. The maximum atomic E-state index is 12.3. The van der Waals surface area contributed by atoms with Crippen LogP contribution >= 0.6 is 43.2 Å². The van der Waals surface area contributed by atoms with E-state index in [0.29, 0.717) is 4.90 Å². The van der Waals surface area contributed by atoms with Crippen molar-refractivity contribution >= 4 is 53.2 Å². The molecule has 0 spiro atoms. The Morgan fingerprint density at radius 1 is 1.26 bits per heavy atom. The van der Waals surface area contributed by atoms with Gasteiger partial charge in [0.1, 0.15) is 0 Å². The fourth-order valence-electron chi connectivity index (χ4n) is 1.55. The van der Waals surface area contributed by atoms with Gasteiger partial charge in [-0.2, -0.15) is 0 Å². The predicted molar refractivity (Wildman–Crippen MR) is 84.9 cm³/mol. The minimum atomic E-state index is -3.50. The first-order valence-corrected chi connectivity index (χ1v) is 9.33. The number of hydrogen-bond donors (Lipinski definition) is 1. The fraction of sp³-hybridized carbons (Fsp3) is 0.167. The molecule has 0 amide bonds. The number of thiophene rings is 1. The lowest BCUT2D eigenvalue weighted by Gasteiger charge is -2.09. The van der Waals surface area contributed by atoms with Crippen LogP contribution in [-0.4, -0.2) is 8.42 Å². The summed E-state index contributed by atoms with van der Waals surface area (Å²) in [5.74, 6) is 0. The number of rotatable bonds is 4. The summed E-state index contributed by atoms with van der Waals surface area (Å²) in [5.41, 5.74) is 0.723. The first-order chi connectivity index (χ1) is 8.90. The minimum Gasteiger partial charge on any atom is -0.207 e. The second-order valence-corrected chi connectivity index (χ2v) is 8.43. The molecule has 0 unspecified atom stereocenters. The predicted octanol–water partition coefficient (Wildman–Crippen LogP) is 4.06. The Hall–Kier alpha value is -0.210. The van der Waals surface area contributed by atoms with Crippen LogP contribution in [0, 0.1) is 6.92 Å². The van der Waals surface area contributed by atoms with Gasteiger partial charge in [0.25, 0.3) is 0 Å². The van der Waals surface area contributed by atoms with Gasteiger partial charge in [0, 0.05) is 20.4 Å². The van der Waals surface area contributed by atoms with E-state index in [1.165, 1.54) is 11.3 Å². The molecule has 102 valence electrons. The van der Waals surface area contributed by atoms with Gasteiger partial charge >= 0.3 is 0 Å². The van der Waals surface area contributed by atoms with Gasteiger partial charge in [-0.15, -0.1) is 11.3 Å². The normalized spacial score (nSPS) is 11.7. The fourth-order valence-corrected chi connectivity index (χ4v) is 4.85. The van der Waals surface area contributed by atoms with Crippen molar-refractivity contribution < 1.29 is 8.42 Å². The molecule has 0 aliphatic heterocycles. The van der Waals surface area contributed by atoms with Gasteiger partial charge in [0.2, 0.25) is 10.0 Å². The van der Waals surface area contributed by atoms with Crippen LogP contribution in [0.25, 0.3) is 0 Å². The largest absolute Gasteiger partial charge is 0.241 e. The van der Waals surface area contributed by atoms with Crippen LogP contribution in [0.3, 0.4) is 0 Å². The van der Waals surface area contributed by atoms with Gasteiger partial charge in [0.15, 0.2) is 0 Å². The molecule has 0 atom stereocenters. The Kier molecular flexibility index (Phi) is 4.84. The molecule has 0 aliphatic rings. The van der Waals surface area contributed by atoms with Crippen LogP contribution in [0.5, 0.6) is 0 Å². The molecule has 0 saturated carbocycles. The number of aryl methyl sites for hydroxylation is 1. The van der Waals surface area contributed by atoms with Crippen molar-refractivity contribution in [1.29, 1.82) is 0 Å². The van der Waals surface area contributed by atoms with Crippen molar-refractivity contribution in [3.63, 3.8) is 0 Å². The van der Waals surface area contributed by atoms with Crippen LogP contribution in [0.15, 0.2) is 43.5 Å². The van der Waals surface area contributed by atoms with Crippen LogP contribution in [0.1, 0.15) is 10.4 Å². The van der Waals surface area contributed by atoms with Crippen LogP contribution in [0.4, 0.5) is 0 Å². The van der Waals surface area contributed by atoms with Crippen molar-refractivity contribution in [3.05, 3.63) is 49.0 Å². The number of nitrogens with one attached hydrogen (secondary N) is 1. The molecule has 0 radical (unpaired) electrons. The Morgan fingerprint density at radius 2 is 2.00 bits per heavy atom. The van der Waals surface area contributed by atoms with Crippen LogP contribution < -0.4 is 4.72 Å². The molecule has 0 fully saturated rings. The summed E-state index contributed by atoms with van der Waals surface area (Å²) >= 11 is 8.19. The molecule has 2 rings (SSSR count). The quantitative estimate of drug-likeness (QED) is 0.804. The van der Waals surface area contributed by atoms with Crippen molar-refractivity contribution in [1.82, 2.24) is 4.72 Å². The maximum Gasteiger partial charge on any atom is 0.241 e. The van der Waals surface area contributed by atoms with E-state index < -0.39 is 10.0 Å². The van der Waals surface area contributed by atoms with E-state index in [2.05, 4.69) is 36.6 Å². The average molecular weight is 425 g/mol. The first kappa shape index (κ1) is 15.2. The Bertz CT molecular complexity index is 696. The lowest BCUT2D eigenvalue weighted by molar-refractivity contribution is 0.581. The smallest absolute Gasteiger partial charge is 0.207 e. The summed E-state index contributed by atoms with van der Waals surface area (Å²) in [6.07, 6.45) is 0. The third-order valence-electron chi connectivity index (χ3n) is 2.55. The highest BCUT2D eigenvalue weighted by atomic mass is 79.9. The summed E-state index contributed by atoms with van der Waals surface area (Å²) in [7, 11) is -3.50. The third-order valence-corrected chi connectivity index (χ3v) is 6.52. The van der Waals surface area contributed by atoms with E-state index in [4.69, 9.17) is 0 Å². The first-order valence-electron chi connectivity index (χ1n) is 5.38. The summed E-state index contributed by atoms with van der Waals surface area (Å²) in [6, 6.07) is 7.11. The van der Waals surface area contributed by atoms with E-state index in [1.807, 2.05) is 17.5 Å². The lowest BCUT2D eigenvalue weighted by atomic mass is 10.2. The zero-order valence-electron chi connectivity index (χ0n) is 9.98. The molecule has 3 nitrogen and oxygen atoms in total. The van der Waals surface area contributed by atoms with E-state index in [-0.39, 0.29) is 6.54 Å². The molecule has 1 aromatic heterocycles. The lowest BCUT2D eigenvalue weighted by Crippen LogP contribution is -2.23. The number of halogens is 2. The molecule has 1 aromatic carbocycles. The van der Waals surface area contributed by atoms with Crippen molar-refractivity contribution in [3.8, 4) is 0 Å². The van der Waals surface area contributed by atoms with E-state index in [9.17, 15) is 8.42 Å². The van der Waals surface area contributed by atoms with Gasteiger partial charge in [-0.3, -0.25) is 0 Å². The van der Waals surface area contributed by atoms with E-state index in [1.54, 1.807) is 19.1 Å². The molecule has 0 saturated heterocycles. The molecule has 19 heavy (non-hydrogen) atoms. The highest BCUT2D eigenvalue weighted by Crippen LogP contribution is 2.24. The number of hydrogen-bond acceptors (Lipinski definition) is 3. The second kappa shape index (κ2) is 6.05. The Morgan fingerprint density at radius 3 is 2.63 bits per heavy atom. The van der Waals surface area contributed by atoms with E-state index in [0.717, 1.165) is 19.4 Å². The van der Waals surface area contributed by atoms with Crippen molar-refractivity contribution in [2.75, 3.05) is 0 Å². The van der Waals surface area contributed by atoms with Crippen LogP contribution in [0.2, 0.25) is 0 Å². The maximum absolute atomic E-state index is 12.3. The Balaban J connectivity index is 2.23. The second-order valence-electron chi connectivity index (χ2n) is 3.93. The molecule has 1 N–H and O–H groups in total. The van der Waals surface area contributed by atoms with E-state index >= 15 is 0 Å². The average Bonchev–Trinajstić information content (AvgIpc) is 2.75. The van der Waals surface area contributed by atoms with Gasteiger partial charge < -0.3 is 0 Å².